The monoisotopic (exact) mass is 346 g/mol. The highest BCUT2D eigenvalue weighted by Crippen LogP contribution is 2.36. The molecule has 0 bridgehead atoms. The Bertz CT molecular complexity index is 657. The maximum Gasteiger partial charge on any atom is 0.446 e. The largest absolute Gasteiger partial charge is 0.489 e. The smallest absolute Gasteiger partial charge is 0.446 e. The van der Waals surface area contributed by atoms with E-state index >= 15 is 0 Å². The zero-order chi connectivity index (χ0) is 16.2. The average molecular weight is 347 g/mol. The molecular formula is C15H10ClF3O2S. The number of carbonyl (C=O) groups excluding carboxylic acids is 1. The average Bonchev–Trinajstić information content (AvgIpc) is 2.45. The van der Waals surface area contributed by atoms with Crippen molar-refractivity contribution in [1.29, 1.82) is 0 Å². The number of thioether (sulfide) groups is 1. The van der Waals surface area contributed by atoms with Gasteiger partial charge < -0.3 is 4.74 Å². The lowest BCUT2D eigenvalue weighted by molar-refractivity contribution is -0.0328. The van der Waals surface area contributed by atoms with E-state index in [-0.39, 0.29) is 28.3 Å². The molecule has 0 atom stereocenters. The molecule has 0 aliphatic heterocycles. The fourth-order valence-electron chi connectivity index (χ4n) is 1.65. The first-order valence-corrected chi connectivity index (χ1v) is 7.29. The van der Waals surface area contributed by atoms with Crippen LogP contribution in [0.2, 0.25) is 5.02 Å². The van der Waals surface area contributed by atoms with E-state index < -0.39 is 5.51 Å². The van der Waals surface area contributed by atoms with Crippen LogP contribution in [0.15, 0.2) is 47.4 Å². The molecule has 2 aromatic carbocycles. The van der Waals surface area contributed by atoms with Crippen LogP contribution in [0, 0.1) is 0 Å². The second-order valence-corrected chi connectivity index (χ2v) is 5.83. The Kier molecular flexibility index (Phi) is 5.37. The molecule has 0 unspecified atom stereocenters. The molecule has 0 radical (unpaired) electrons. The third kappa shape index (κ3) is 4.96. The topological polar surface area (TPSA) is 26.3 Å². The Hall–Kier alpha value is -1.66. The van der Waals surface area contributed by atoms with Crippen LogP contribution in [0.4, 0.5) is 13.2 Å². The van der Waals surface area contributed by atoms with Gasteiger partial charge in [0.2, 0.25) is 0 Å². The molecule has 0 amide bonds. The van der Waals surface area contributed by atoms with Gasteiger partial charge in [0.1, 0.15) is 12.4 Å². The minimum absolute atomic E-state index is 0.120. The van der Waals surface area contributed by atoms with Crippen LogP contribution in [0.3, 0.4) is 0 Å². The number of ether oxygens (including phenoxy) is 1. The maximum absolute atomic E-state index is 12.2. The highest BCUT2D eigenvalue weighted by Gasteiger charge is 2.28. The fourth-order valence-corrected chi connectivity index (χ4v) is 2.40. The standard InChI is InChI=1S/C15H10ClF3O2S/c16-14-7-12(4-3-11(14)8-20)21-9-10-1-5-13(6-2-10)22-15(17,18)19/h1-8H,9H2. The van der Waals surface area contributed by atoms with Gasteiger partial charge in [-0.15, -0.1) is 0 Å². The van der Waals surface area contributed by atoms with E-state index in [2.05, 4.69) is 0 Å². The van der Waals surface area contributed by atoms with Crippen LogP contribution in [-0.2, 0) is 6.61 Å². The lowest BCUT2D eigenvalue weighted by atomic mass is 10.2. The van der Waals surface area contributed by atoms with Crippen LogP contribution < -0.4 is 4.74 Å². The van der Waals surface area contributed by atoms with Crippen molar-refractivity contribution in [2.24, 2.45) is 0 Å². The predicted octanol–water partition coefficient (Wildman–Crippen LogP) is 5.34. The quantitative estimate of drug-likeness (QED) is 0.539. The summed E-state index contributed by atoms with van der Waals surface area (Å²) < 4.78 is 42.1. The number of hydrogen-bond donors (Lipinski definition) is 0. The molecule has 0 saturated heterocycles. The molecule has 0 spiro atoms. The second kappa shape index (κ2) is 7.07. The van der Waals surface area contributed by atoms with Crippen molar-refractivity contribution >= 4 is 29.6 Å². The van der Waals surface area contributed by atoms with Crippen molar-refractivity contribution in [2.75, 3.05) is 0 Å². The summed E-state index contributed by atoms with van der Waals surface area (Å²) in [5.74, 6) is 0.476. The van der Waals surface area contributed by atoms with E-state index in [1.165, 1.54) is 24.3 Å². The van der Waals surface area contributed by atoms with E-state index in [9.17, 15) is 18.0 Å². The molecule has 2 aromatic rings. The van der Waals surface area contributed by atoms with Gasteiger partial charge in [-0.25, -0.2) is 0 Å². The van der Waals surface area contributed by atoms with Gasteiger partial charge >= 0.3 is 5.51 Å². The maximum atomic E-state index is 12.2. The molecule has 0 fully saturated rings. The second-order valence-electron chi connectivity index (χ2n) is 4.28. The molecule has 0 saturated carbocycles. The lowest BCUT2D eigenvalue weighted by Gasteiger charge is -2.09. The van der Waals surface area contributed by atoms with Crippen molar-refractivity contribution in [3.05, 3.63) is 58.6 Å². The van der Waals surface area contributed by atoms with Gasteiger partial charge in [0, 0.05) is 10.5 Å². The van der Waals surface area contributed by atoms with E-state index in [1.54, 1.807) is 18.2 Å². The molecule has 7 heteroatoms. The lowest BCUT2D eigenvalue weighted by Crippen LogP contribution is -1.99. The van der Waals surface area contributed by atoms with Gasteiger partial charge in [-0.3, -0.25) is 4.79 Å². The molecule has 2 nitrogen and oxygen atoms in total. The molecule has 116 valence electrons. The van der Waals surface area contributed by atoms with E-state index in [0.29, 0.717) is 17.6 Å². The van der Waals surface area contributed by atoms with Gasteiger partial charge in [-0.2, -0.15) is 13.2 Å². The summed E-state index contributed by atoms with van der Waals surface area (Å²) in [6, 6.07) is 10.6. The normalized spacial score (nSPS) is 11.3. The first-order chi connectivity index (χ1) is 10.4. The van der Waals surface area contributed by atoms with Crippen molar-refractivity contribution in [3.63, 3.8) is 0 Å². The molecule has 2 rings (SSSR count). The van der Waals surface area contributed by atoms with Gasteiger partial charge in [0.25, 0.3) is 0 Å². The Labute approximate surface area is 134 Å². The van der Waals surface area contributed by atoms with Gasteiger partial charge in [-0.05, 0) is 47.7 Å². The number of aldehydes is 1. The Morgan fingerprint density at radius 1 is 1.14 bits per heavy atom. The Morgan fingerprint density at radius 3 is 2.36 bits per heavy atom. The number of halogens is 4. The van der Waals surface area contributed by atoms with Crippen LogP contribution in [-0.4, -0.2) is 11.8 Å². The minimum Gasteiger partial charge on any atom is -0.489 e. The van der Waals surface area contributed by atoms with Crippen LogP contribution >= 0.6 is 23.4 Å². The number of benzene rings is 2. The van der Waals surface area contributed by atoms with E-state index in [4.69, 9.17) is 16.3 Å². The predicted molar refractivity (Wildman–Crippen MR) is 79.5 cm³/mol. The van der Waals surface area contributed by atoms with Crippen LogP contribution in [0.1, 0.15) is 15.9 Å². The van der Waals surface area contributed by atoms with Crippen molar-refractivity contribution in [2.45, 2.75) is 17.0 Å². The zero-order valence-electron chi connectivity index (χ0n) is 11.1. The van der Waals surface area contributed by atoms with Crippen molar-refractivity contribution in [1.82, 2.24) is 0 Å². The van der Waals surface area contributed by atoms with Crippen LogP contribution in [0.25, 0.3) is 0 Å². The third-order valence-electron chi connectivity index (χ3n) is 2.66. The summed E-state index contributed by atoms with van der Waals surface area (Å²) in [5, 5.41) is 0.282. The number of hydrogen-bond acceptors (Lipinski definition) is 3. The zero-order valence-corrected chi connectivity index (χ0v) is 12.6. The highest BCUT2D eigenvalue weighted by molar-refractivity contribution is 8.00. The minimum atomic E-state index is -4.30. The first kappa shape index (κ1) is 16.7. The molecule has 0 aliphatic carbocycles. The van der Waals surface area contributed by atoms with Crippen LogP contribution in [0.5, 0.6) is 5.75 Å². The first-order valence-electron chi connectivity index (χ1n) is 6.09. The summed E-state index contributed by atoms with van der Waals surface area (Å²) in [4.78, 5) is 10.8. The summed E-state index contributed by atoms with van der Waals surface area (Å²) in [6.45, 7) is 0.188. The highest BCUT2D eigenvalue weighted by atomic mass is 35.5. The summed E-state index contributed by atoms with van der Waals surface area (Å²) in [6.07, 6.45) is 0.642. The number of alkyl halides is 3. The Morgan fingerprint density at radius 2 is 1.82 bits per heavy atom. The summed E-state index contributed by atoms with van der Waals surface area (Å²) in [7, 11) is 0. The molecule has 0 N–H and O–H groups in total. The molecule has 0 aliphatic rings. The van der Waals surface area contributed by atoms with E-state index in [0.717, 1.165) is 5.56 Å². The summed E-state index contributed by atoms with van der Waals surface area (Å²) in [5.41, 5.74) is -3.21. The molecular weight excluding hydrogens is 337 g/mol. The molecule has 22 heavy (non-hydrogen) atoms. The SMILES string of the molecule is O=Cc1ccc(OCc2ccc(SC(F)(F)F)cc2)cc1Cl. The third-order valence-corrected chi connectivity index (χ3v) is 3.73. The molecule has 0 heterocycles. The van der Waals surface area contributed by atoms with Gasteiger partial charge in [-0.1, -0.05) is 23.7 Å². The van der Waals surface area contributed by atoms with Crippen molar-refractivity contribution in [3.8, 4) is 5.75 Å². The van der Waals surface area contributed by atoms with Gasteiger partial charge in [0.05, 0.1) is 5.02 Å². The van der Waals surface area contributed by atoms with Gasteiger partial charge in [0.15, 0.2) is 6.29 Å². The summed E-state index contributed by atoms with van der Waals surface area (Å²) >= 11 is 5.71. The number of rotatable bonds is 5. The van der Waals surface area contributed by atoms with Crippen molar-refractivity contribution < 1.29 is 22.7 Å². The number of carbonyl (C=O) groups is 1. The van der Waals surface area contributed by atoms with E-state index in [1.807, 2.05) is 0 Å². The Balaban J connectivity index is 1.97. The fraction of sp³-hybridized carbons (Fsp3) is 0.133. The molecule has 0 aromatic heterocycles.